The first-order valence-corrected chi connectivity index (χ1v) is 14.2. The average molecular weight is 512 g/mol. The van der Waals surface area contributed by atoms with Crippen molar-refractivity contribution < 1.29 is 19.0 Å². The average Bonchev–Trinajstić information content (AvgIpc) is 2.93. The Hall–Kier alpha value is -2.69. The van der Waals surface area contributed by atoms with Crippen LogP contribution < -0.4 is 19.5 Å². The van der Waals surface area contributed by atoms with E-state index in [9.17, 15) is 4.79 Å². The maximum atomic E-state index is 12.6. The molecule has 2 rings (SSSR count). The topological polar surface area (TPSA) is 56.8 Å². The van der Waals surface area contributed by atoms with Crippen LogP contribution in [0.2, 0.25) is 0 Å². The number of unbranched alkanes of at least 4 members (excludes halogenated alkanes) is 11. The molecule has 0 aliphatic heterocycles. The van der Waals surface area contributed by atoms with E-state index in [1.54, 1.807) is 33.5 Å². The molecule has 5 heteroatoms. The van der Waals surface area contributed by atoms with Crippen LogP contribution in [-0.4, -0.2) is 34.2 Å². The quantitative estimate of drug-likeness (QED) is 0.171. The maximum Gasteiger partial charge on any atom is 0.137 e. The number of carbonyl (C=O) groups is 1. The summed E-state index contributed by atoms with van der Waals surface area (Å²) >= 11 is 0. The molecule has 1 N–H and O–H groups in total. The summed E-state index contributed by atoms with van der Waals surface area (Å²) in [5.41, 5.74) is 3.51. The van der Waals surface area contributed by atoms with E-state index in [0.29, 0.717) is 30.1 Å². The molecule has 0 atom stereocenters. The summed E-state index contributed by atoms with van der Waals surface area (Å²) in [5, 5.41) is 3.29. The monoisotopic (exact) mass is 511 g/mol. The molecule has 0 heterocycles. The number of rotatable bonds is 21. The van der Waals surface area contributed by atoms with Gasteiger partial charge in [-0.15, -0.1) is 0 Å². The number of hydrogen-bond donors (Lipinski definition) is 1. The molecule has 0 saturated carbocycles. The second-order valence-corrected chi connectivity index (χ2v) is 9.88. The van der Waals surface area contributed by atoms with E-state index >= 15 is 0 Å². The highest BCUT2D eigenvalue weighted by molar-refractivity contribution is 5.82. The molecule has 2 aromatic carbocycles. The van der Waals surface area contributed by atoms with E-state index in [4.69, 9.17) is 14.2 Å². The number of anilines is 1. The first-order chi connectivity index (χ1) is 18.1. The lowest BCUT2D eigenvalue weighted by Gasteiger charge is -2.14. The number of carbonyl (C=O) groups excluding carboxylic acids is 1. The van der Waals surface area contributed by atoms with Gasteiger partial charge in [0.25, 0.3) is 0 Å². The van der Waals surface area contributed by atoms with Crippen LogP contribution in [0.3, 0.4) is 0 Å². The Morgan fingerprint density at radius 3 is 1.73 bits per heavy atom. The molecule has 0 aliphatic rings. The Kier molecular flexibility index (Phi) is 15.3. The van der Waals surface area contributed by atoms with Crippen molar-refractivity contribution in [1.82, 2.24) is 0 Å². The number of methoxy groups -OCH3 is 3. The number of ether oxygens (including phenoxy) is 3. The number of nitrogens with one attached hydrogen (secondary N) is 1. The van der Waals surface area contributed by atoms with Crippen LogP contribution in [-0.2, 0) is 17.6 Å². The number of ketones is 1. The largest absolute Gasteiger partial charge is 0.496 e. The molecule has 5 nitrogen and oxygen atoms in total. The first-order valence-electron chi connectivity index (χ1n) is 14.2. The van der Waals surface area contributed by atoms with Crippen LogP contribution >= 0.6 is 0 Å². The fraction of sp³-hybridized carbons (Fsp3) is 0.594. The van der Waals surface area contributed by atoms with Gasteiger partial charge in [0.05, 0.1) is 21.3 Å². The Bertz CT molecular complexity index is 886. The minimum atomic E-state index is 0.230. The van der Waals surface area contributed by atoms with Gasteiger partial charge in [-0.2, -0.15) is 0 Å². The van der Waals surface area contributed by atoms with Gasteiger partial charge in [-0.3, -0.25) is 4.79 Å². The van der Waals surface area contributed by atoms with Gasteiger partial charge in [0.2, 0.25) is 0 Å². The van der Waals surface area contributed by atoms with E-state index in [1.165, 1.54) is 81.9 Å². The molecule has 0 amide bonds. The fourth-order valence-electron chi connectivity index (χ4n) is 4.93. The van der Waals surface area contributed by atoms with Gasteiger partial charge < -0.3 is 19.5 Å². The molecule has 0 unspecified atom stereocenters. The van der Waals surface area contributed by atoms with Gasteiger partial charge in [0, 0.05) is 43.3 Å². The van der Waals surface area contributed by atoms with Crippen molar-refractivity contribution in [3.8, 4) is 17.2 Å². The van der Waals surface area contributed by atoms with Crippen LogP contribution in [0, 0.1) is 0 Å². The molecule has 206 valence electrons. The van der Waals surface area contributed by atoms with Gasteiger partial charge in [0.1, 0.15) is 23.0 Å². The van der Waals surface area contributed by atoms with Crippen molar-refractivity contribution in [2.24, 2.45) is 0 Å². The predicted molar refractivity (Wildman–Crippen MR) is 155 cm³/mol. The number of benzene rings is 2. The molecule has 0 bridgehead atoms. The third-order valence-electron chi connectivity index (χ3n) is 7.13. The molecule has 0 saturated heterocycles. The van der Waals surface area contributed by atoms with Crippen LogP contribution in [0.5, 0.6) is 17.2 Å². The second-order valence-electron chi connectivity index (χ2n) is 9.88. The predicted octanol–water partition coefficient (Wildman–Crippen LogP) is 8.18. The van der Waals surface area contributed by atoms with Gasteiger partial charge in [-0.05, 0) is 30.9 Å². The second kappa shape index (κ2) is 18.5. The molecule has 0 spiro atoms. The SMILES string of the molecule is CNc1ccccc1CCCCCCCCCCCCCCC(=O)Cc1c(OC)cc(OC)cc1OC. The third-order valence-corrected chi connectivity index (χ3v) is 7.13. The van der Waals surface area contributed by atoms with E-state index in [2.05, 4.69) is 29.6 Å². The van der Waals surface area contributed by atoms with Gasteiger partial charge in [-0.1, -0.05) is 82.4 Å². The zero-order valence-electron chi connectivity index (χ0n) is 23.7. The van der Waals surface area contributed by atoms with Crippen molar-refractivity contribution in [3.05, 3.63) is 47.5 Å². The van der Waals surface area contributed by atoms with E-state index < -0.39 is 0 Å². The van der Waals surface area contributed by atoms with Crippen molar-refractivity contribution in [2.45, 2.75) is 96.3 Å². The summed E-state index contributed by atoms with van der Waals surface area (Å²) < 4.78 is 16.2. The lowest BCUT2D eigenvalue weighted by molar-refractivity contribution is -0.118. The van der Waals surface area contributed by atoms with Crippen LogP contribution in [0.25, 0.3) is 0 Å². The van der Waals surface area contributed by atoms with Gasteiger partial charge in [0.15, 0.2) is 0 Å². The minimum Gasteiger partial charge on any atom is -0.496 e. The summed E-state index contributed by atoms with van der Waals surface area (Å²) in [6, 6.07) is 12.2. The maximum absolute atomic E-state index is 12.6. The zero-order chi connectivity index (χ0) is 26.7. The molecule has 2 aromatic rings. The number of para-hydroxylation sites is 1. The van der Waals surface area contributed by atoms with Crippen LogP contribution in [0.4, 0.5) is 5.69 Å². The number of aryl methyl sites for hydroxylation is 1. The lowest BCUT2D eigenvalue weighted by atomic mass is 10.0. The van der Waals surface area contributed by atoms with Crippen molar-refractivity contribution >= 4 is 11.5 Å². The Balaban J connectivity index is 1.45. The summed E-state index contributed by atoms with van der Waals surface area (Å²) in [5.74, 6) is 2.17. The normalized spacial score (nSPS) is 10.8. The molecular weight excluding hydrogens is 462 g/mol. The summed E-state index contributed by atoms with van der Waals surface area (Å²) in [6.45, 7) is 0. The Morgan fingerprint density at radius 2 is 1.22 bits per heavy atom. The molecule has 0 fully saturated rings. The summed E-state index contributed by atoms with van der Waals surface area (Å²) in [4.78, 5) is 12.6. The van der Waals surface area contributed by atoms with Crippen molar-refractivity contribution in [2.75, 3.05) is 33.7 Å². The van der Waals surface area contributed by atoms with Gasteiger partial charge >= 0.3 is 0 Å². The summed E-state index contributed by atoms with van der Waals surface area (Å²) in [6.07, 6.45) is 17.4. The Labute approximate surface area is 225 Å². The van der Waals surface area contributed by atoms with Crippen LogP contribution in [0.15, 0.2) is 36.4 Å². The van der Waals surface area contributed by atoms with Gasteiger partial charge in [-0.25, -0.2) is 0 Å². The van der Waals surface area contributed by atoms with E-state index in [0.717, 1.165) is 18.4 Å². The minimum absolute atomic E-state index is 0.230. The molecule has 0 aliphatic carbocycles. The van der Waals surface area contributed by atoms with Crippen molar-refractivity contribution in [3.63, 3.8) is 0 Å². The Morgan fingerprint density at radius 1 is 0.703 bits per heavy atom. The summed E-state index contributed by atoms with van der Waals surface area (Å²) in [7, 11) is 6.82. The number of Topliss-reactive ketones (excluding diaryl/α,β-unsaturated/α-hetero) is 1. The van der Waals surface area contributed by atoms with Crippen molar-refractivity contribution in [1.29, 1.82) is 0 Å². The third kappa shape index (κ3) is 11.5. The van der Waals surface area contributed by atoms with E-state index in [1.807, 2.05) is 7.05 Å². The number of hydrogen-bond acceptors (Lipinski definition) is 5. The standard InChI is InChI=1S/C32H49NO4/c1-33-30-22-18-17-20-26(30)19-15-13-11-9-7-5-6-8-10-12-14-16-21-27(34)23-29-31(36-3)24-28(35-2)25-32(29)37-4/h17-18,20,22,24-25,33H,5-16,19,21,23H2,1-4H3. The lowest BCUT2D eigenvalue weighted by Crippen LogP contribution is -2.06. The zero-order valence-corrected chi connectivity index (χ0v) is 23.7. The van der Waals surface area contributed by atoms with Crippen LogP contribution in [0.1, 0.15) is 94.6 Å². The highest BCUT2D eigenvalue weighted by Gasteiger charge is 2.16. The molecular formula is C32H49NO4. The fourth-order valence-corrected chi connectivity index (χ4v) is 4.93. The molecule has 37 heavy (non-hydrogen) atoms. The molecule has 0 radical (unpaired) electrons. The van der Waals surface area contributed by atoms with E-state index in [-0.39, 0.29) is 5.78 Å². The highest BCUT2D eigenvalue weighted by Crippen LogP contribution is 2.34. The smallest absolute Gasteiger partial charge is 0.137 e. The highest BCUT2D eigenvalue weighted by atomic mass is 16.5. The first kappa shape index (κ1) is 30.5. The molecule has 0 aromatic heterocycles.